The average Bonchev–Trinajstić information content (AvgIpc) is 2.56. The molecule has 0 aliphatic rings. The van der Waals surface area contributed by atoms with Gasteiger partial charge in [0.25, 0.3) is 0 Å². The molecule has 4 nitrogen and oxygen atoms in total. The van der Waals surface area contributed by atoms with Crippen LogP contribution in [0.5, 0.6) is 0 Å². The van der Waals surface area contributed by atoms with Crippen LogP contribution < -0.4 is 10.2 Å². The van der Waals surface area contributed by atoms with Gasteiger partial charge in [0, 0.05) is 37.1 Å². The van der Waals surface area contributed by atoms with Gasteiger partial charge in [-0.05, 0) is 42.3 Å². The molecule has 0 spiro atoms. The van der Waals surface area contributed by atoms with Crippen LogP contribution in [0.2, 0.25) is 5.02 Å². The van der Waals surface area contributed by atoms with Crippen molar-refractivity contribution in [3.05, 3.63) is 64.9 Å². The first-order valence-electron chi connectivity index (χ1n) is 8.00. The van der Waals surface area contributed by atoms with E-state index in [9.17, 15) is 14.0 Å². The minimum atomic E-state index is -0.420. The number of hydrogen-bond donors (Lipinski definition) is 1. The standard InChI is InChI=1S/C19H20ClFN2O2/c1-14(24)23(18-4-2-3-17(21)13-18)12-10-19(25)22-11-9-15-5-7-16(20)8-6-15/h2-8,13H,9-12H2,1H3,(H,22,25). The van der Waals surface area contributed by atoms with Crippen LogP contribution in [0.15, 0.2) is 48.5 Å². The van der Waals surface area contributed by atoms with Crippen molar-refractivity contribution >= 4 is 29.1 Å². The second kappa shape index (κ2) is 9.18. The van der Waals surface area contributed by atoms with Gasteiger partial charge in [0.2, 0.25) is 11.8 Å². The Labute approximate surface area is 151 Å². The van der Waals surface area contributed by atoms with Gasteiger partial charge < -0.3 is 10.2 Å². The number of nitrogens with one attached hydrogen (secondary N) is 1. The van der Waals surface area contributed by atoms with Gasteiger partial charge in [-0.1, -0.05) is 29.8 Å². The van der Waals surface area contributed by atoms with Gasteiger partial charge in [0.15, 0.2) is 0 Å². The Hall–Kier alpha value is -2.40. The molecular formula is C19H20ClFN2O2. The number of halogens is 2. The number of carbonyl (C=O) groups is 2. The quantitative estimate of drug-likeness (QED) is 0.818. The van der Waals surface area contributed by atoms with Crippen LogP contribution in [0.25, 0.3) is 0 Å². The van der Waals surface area contributed by atoms with Gasteiger partial charge in [-0.3, -0.25) is 9.59 Å². The van der Waals surface area contributed by atoms with Crippen molar-refractivity contribution in [2.24, 2.45) is 0 Å². The normalized spacial score (nSPS) is 10.4. The number of amides is 2. The largest absolute Gasteiger partial charge is 0.356 e. The highest BCUT2D eigenvalue weighted by atomic mass is 35.5. The third kappa shape index (κ3) is 6.19. The topological polar surface area (TPSA) is 49.4 Å². The summed E-state index contributed by atoms with van der Waals surface area (Å²) in [5, 5.41) is 3.49. The lowest BCUT2D eigenvalue weighted by Gasteiger charge is -2.21. The molecule has 1 N–H and O–H groups in total. The van der Waals surface area contributed by atoms with Crippen LogP contribution in [-0.2, 0) is 16.0 Å². The highest BCUT2D eigenvalue weighted by molar-refractivity contribution is 6.30. The Bertz CT molecular complexity index is 734. The Morgan fingerprint density at radius 1 is 1.16 bits per heavy atom. The van der Waals surface area contributed by atoms with Crippen molar-refractivity contribution in [1.82, 2.24) is 5.32 Å². The van der Waals surface area contributed by atoms with E-state index in [1.165, 1.54) is 30.0 Å². The van der Waals surface area contributed by atoms with Gasteiger partial charge in [-0.25, -0.2) is 4.39 Å². The summed E-state index contributed by atoms with van der Waals surface area (Å²) >= 11 is 5.83. The van der Waals surface area contributed by atoms with Crippen molar-refractivity contribution < 1.29 is 14.0 Å². The summed E-state index contributed by atoms with van der Waals surface area (Å²) in [7, 11) is 0. The van der Waals surface area contributed by atoms with Gasteiger partial charge in [0.05, 0.1) is 0 Å². The van der Waals surface area contributed by atoms with Gasteiger partial charge in [-0.15, -0.1) is 0 Å². The van der Waals surface area contributed by atoms with Gasteiger partial charge >= 0.3 is 0 Å². The molecule has 2 amide bonds. The average molecular weight is 363 g/mol. The van der Waals surface area contributed by atoms with Crippen molar-refractivity contribution in [2.45, 2.75) is 19.8 Å². The van der Waals surface area contributed by atoms with Gasteiger partial charge in [0.1, 0.15) is 5.82 Å². The molecule has 0 saturated heterocycles. The SMILES string of the molecule is CC(=O)N(CCC(=O)NCCc1ccc(Cl)cc1)c1cccc(F)c1. The number of carbonyl (C=O) groups excluding carboxylic acids is 2. The third-order valence-electron chi connectivity index (χ3n) is 3.71. The molecule has 6 heteroatoms. The lowest BCUT2D eigenvalue weighted by Crippen LogP contribution is -2.34. The molecule has 25 heavy (non-hydrogen) atoms. The van der Waals surface area contributed by atoms with E-state index in [0.717, 1.165) is 5.56 Å². The molecule has 0 radical (unpaired) electrons. The van der Waals surface area contributed by atoms with Crippen molar-refractivity contribution in [2.75, 3.05) is 18.0 Å². The lowest BCUT2D eigenvalue weighted by atomic mass is 10.1. The number of hydrogen-bond acceptors (Lipinski definition) is 2. The summed E-state index contributed by atoms with van der Waals surface area (Å²) in [5.74, 6) is -0.813. The fourth-order valence-corrected chi connectivity index (χ4v) is 2.54. The molecule has 2 aromatic carbocycles. The summed E-state index contributed by atoms with van der Waals surface area (Å²) < 4.78 is 13.3. The molecule has 0 bridgehead atoms. The van der Waals surface area contributed by atoms with E-state index in [4.69, 9.17) is 11.6 Å². The molecule has 0 aromatic heterocycles. The minimum Gasteiger partial charge on any atom is -0.356 e. The summed E-state index contributed by atoms with van der Waals surface area (Å²) in [6.45, 7) is 2.09. The second-order valence-electron chi connectivity index (χ2n) is 5.63. The minimum absolute atomic E-state index is 0.150. The van der Waals surface area contributed by atoms with Crippen molar-refractivity contribution in [3.63, 3.8) is 0 Å². The predicted octanol–water partition coefficient (Wildman–Crippen LogP) is 3.58. The van der Waals surface area contributed by atoms with Crippen LogP contribution in [0.4, 0.5) is 10.1 Å². The van der Waals surface area contributed by atoms with Crippen molar-refractivity contribution in [1.29, 1.82) is 0 Å². The number of rotatable bonds is 7. The van der Waals surface area contributed by atoms with E-state index < -0.39 is 5.82 Å². The van der Waals surface area contributed by atoms with Crippen LogP contribution in [0, 0.1) is 5.82 Å². The molecule has 0 aliphatic carbocycles. The molecular weight excluding hydrogens is 343 g/mol. The number of benzene rings is 2. The third-order valence-corrected chi connectivity index (χ3v) is 3.96. The molecule has 0 aliphatic heterocycles. The fraction of sp³-hybridized carbons (Fsp3) is 0.263. The Morgan fingerprint density at radius 2 is 1.88 bits per heavy atom. The fourth-order valence-electron chi connectivity index (χ4n) is 2.41. The Balaban J connectivity index is 1.81. The molecule has 2 aromatic rings. The van der Waals surface area contributed by atoms with Crippen molar-refractivity contribution in [3.8, 4) is 0 Å². The van der Waals surface area contributed by atoms with Gasteiger partial charge in [-0.2, -0.15) is 0 Å². The van der Waals surface area contributed by atoms with Crippen LogP contribution >= 0.6 is 11.6 Å². The maximum Gasteiger partial charge on any atom is 0.223 e. The molecule has 2 rings (SSSR count). The zero-order valence-corrected chi connectivity index (χ0v) is 14.7. The smallest absolute Gasteiger partial charge is 0.223 e. The zero-order valence-electron chi connectivity index (χ0n) is 14.0. The Morgan fingerprint density at radius 3 is 2.52 bits per heavy atom. The maximum absolute atomic E-state index is 13.3. The molecule has 0 unspecified atom stereocenters. The number of anilines is 1. The van der Waals surface area contributed by atoms with E-state index in [0.29, 0.717) is 23.7 Å². The Kier molecular flexibility index (Phi) is 6.95. The first-order valence-corrected chi connectivity index (χ1v) is 8.38. The maximum atomic E-state index is 13.3. The van der Waals surface area contributed by atoms with Crippen LogP contribution in [0.1, 0.15) is 18.9 Å². The van der Waals surface area contributed by atoms with E-state index in [1.54, 1.807) is 6.07 Å². The molecule has 132 valence electrons. The predicted molar refractivity (Wildman–Crippen MR) is 97.2 cm³/mol. The van der Waals surface area contributed by atoms with Crippen LogP contribution in [-0.4, -0.2) is 24.9 Å². The summed E-state index contributed by atoms with van der Waals surface area (Å²) in [4.78, 5) is 25.1. The van der Waals surface area contributed by atoms with E-state index >= 15 is 0 Å². The van der Waals surface area contributed by atoms with E-state index in [-0.39, 0.29) is 24.8 Å². The highest BCUT2D eigenvalue weighted by Crippen LogP contribution is 2.16. The molecule has 0 saturated carbocycles. The van der Waals surface area contributed by atoms with E-state index in [2.05, 4.69) is 5.32 Å². The van der Waals surface area contributed by atoms with E-state index in [1.807, 2.05) is 24.3 Å². The molecule has 0 heterocycles. The lowest BCUT2D eigenvalue weighted by molar-refractivity contribution is -0.121. The molecule has 0 fully saturated rings. The zero-order chi connectivity index (χ0) is 18.2. The first kappa shape index (κ1) is 18.9. The molecule has 0 atom stereocenters. The summed E-state index contributed by atoms with van der Waals surface area (Å²) in [6, 6.07) is 13.2. The summed E-state index contributed by atoms with van der Waals surface area (Å²) in [5.41, 5.74) is 1.52. The highest BCUT2D eigenvalue weighted by Gasteiger charge is 2.13. The number of nitrogens with zero attached hydrogens (tertiary/aromatic N) is 1. The first-order chi connectivity index (χ1) is 12.0. The van der Waals surface area contributed by atoms with Crippen LogP contribution in [0.3, 0.4) is 0 Å². The summed E-state index contributed by atoms with van der Waals surface area (Å²) in [6.07, 6.45) is 0.847. The monoisotopic (exact) mass is 362 g/mol. The second-order valence-corrected chi connectivity index (χ2v) is 6.06.